The summed E-state index contributed by atoms with van der Waals surface area (Å²) in [5.41, 5.74) is 5.82. The van der Waals surface area contributed by atoms with E-state index < -0.39 is 0 Å². The molecule has 1 N–H and O–H groups in total. The van der Waals surface area contributed by atoms with E-state index in [4.69, 9.17) is 9.72 Å². The average Bonchev–Trinajstić information content (AvgIpc) is 3.28. The number of benzene rings is 2. The molecule has 3 heterocycles. The fourth-order valence-electron chi connectivity index (χ4n) is 4.50. The van der Waals surface area contributed by atoms with Crippen molar-refractivity contribution in [3.8, 4) is 34.1 Å². The van der Waals surface area contributed by atoms with Gasteiger partial charge in [0.1, 0.15) is 11.6 Å². The minimum atomic E-state index is -0.258. The Labute approximate surface area is 193 Å². The zero-order valence-electron chi connectivity index (χ0n) is 18.9. The van der Waals surface area contributed by atoms with Crippen LogP contribution in [-0.4, -0.2) is 27.6 Å². The zero-order valence-corrected chi connectivity index (χ0v) is 18.9. The fraction of sp³-hybridized carbons (Fsp3) is 0.259. The molecule has 2 aromatic heterocycles. The zero-order chi connectivity index (χ0) is 22.8. The normalized spacial score (nSPS) is 14.4. The molecule has 0 radical (unpaired) electrons. The minimum absolute atomic E-state index is 0.258. The Morgan fingerprint density at radius 3 is 2.39 bits per heavy atom. The van der Waals surface area contributed by atoms with Gasteiger partial charge in [-0.05, 0) is 81.2 Å². The van der Waals surface area contributed by atoms with E-state index in [1.54, 1.807) is 18.3 Å². The third-order valence-electron chi connectivity index (χ3n) is 6.24. The third-order valence-corrected chi connectivity index (χ3v) is 6.24. The summed E-state index contributed by atoms with van der Waals surface area (Å²) in [5.74, 6) is 1.10. The third kappa shape index (κ3) is 4.39. The molecule has 168 valence electrons. The van der Waals surface area contributed by atoms with Gasteiger partial charge in [-0.15, -0.1) is 0 Å². The topological polar surface area (TPSA) is 52.0 Å². The molecule has 5 rings (SSSR count). The summed E-state index contributed by atoms with van der Waals surface area (Å²) in [5, 5.41) is 3.43. The van der Waals surface area contributed by atoms with Gasteiger partial charge in [-0.25, -0.2) is 14.4 Å². The predicted molar refractivity (Wildman–Crippen MR) is 128 cm³/mol. The smallest absolute Gasteiger partial charge is 0.219 e. The molecule has 6 heteroatoms. The van der Waals surface area contributed by atoms with Crippen molar-refractivity contribution in [2.45, 2.75) is 32.7 Å². The number of aryl methyl sites for hydroxylation is 2. The number of hydrogen-bond acceptors (Lipinski definition) is 4. The van der Waals surface area contributed by atoms with Crippen LogP contribution in [0.15, 0.2) is 67.1 Å². The van der Waals surface area contributed by atoms with Crippen LogP contribution in [0.4, 0.5) is 4.39 Å². The Morgan fingerprint density at radius 2 is 1.67 bits per heavy atom. The van der Waals surface area contributed by atoms with Crippen molar-refractivity contribution in [1.29, 1.82) is 0 Å². The monoisotopic (exact) mass is 442 g/mol. The molecule has 0 amide bonds. The number of ether oxygens (including phenoxy) is 1. The number of imidazole rings is 1. The van der Waals surface area contributed by atoms with Crippen molar-refractivity contribution < 1.29 is 9.13 Å². The lowest BCUT2D eigenvalue weighted by atomic mass is 10.0. The quantitative estimate of drug-likeness (QED) is 0.407. The highest BCUT2D eigenvalue weighted by Gasteiger charge is 2.23. The molecule has 0 atom stereocenters. The van der Waals surface area contributed by atoms with Gasteiger partial charge in [0.25, 0.3) is 0 Å². The largest absolute Gasteiger partial charge is 0.438 e. The van der Waals surface area contributed by atoms with Crippen LogP contribution in [0, 0.1) is 19.7 Å². The number of halogens is 1. The van der Waals surface area contributed by atoms with Crippen molar-refractivity contribution in [2.75, 3.05) is 13.1 Å². The van der Waals surface area contributed by atoms with Gasteiger partial charge < -0.3 is 14.6 Å². The lowest BCUT2D eigenvalue weighted by molar-refractivity contribution is 0.370. The molecule has 1 aliphatic rings. The molecular weight excluding hydrogens is 415 g/mol. The van der Waals surface area contributed by atoms with Crippen LogP contribution < -0.4 is 10.1 Å². The van der Waals surface area contributed by atoms with E-state index in [0.29, 0.717) is 11.9 Å². The summed E-state index contributed by atoms with van der Waals surface area (Å²) in [6.07, 6.45) is 5.75. The highest BCUT2D eigenvalue weighted by Crippen LogP contribution is 2.37. The van der Waals surface area contributed by atoms with Crippen LogP contribution in [0.25, 0.3) is 22.5 Å². The molecule has 1 aliphatic heterocycles. The molecule has 5 nitrogen and oxygen atoms in total. The Bertz CT molecular complexity index is 1240. The first-order valence-electron chi connectivity index (χ1n) is 11.3. The number of nitrogens with one attached hydrogen (secondary N) is 1. The van der Waals surface area contributed by atoms with Gasteiger partial charge in [0.05, 0.1) is 17.7 Å². The number of aromatic nitrogens is 3. The van der Waals surface area contributed by atoms with Gasteiger partial charge in [-0.3, -0.25) is 0 Å². The maximum Gasteiger partial charge on any atom is 0.219 e. The first kappa shape index (κ1) is 21.3. The second-order valence-corrected chi connectivity index (χ2v) is 8.54. The molecule has 0 bridgehead atoms. The fourth-order valence-corrected chi connectivity index (χ4v) is 4.50. The second-order valence-electron chi connectivity index (χ2n) is 8.54. The Hall–Kier alpha value is -3.51. The van der Waals surface area contributed by atoms with Gasteiger partial charge >= 0.3 is 0 Å². The van der Waals surface area contributed by atoms with Crippen LogP contribution in [0.2, 0.25) is 0 Å². The molecule has 4 aromatic rings. The number of hydrogen-bond donors (Lipinski definition) is 1. The maximum atomic E-state index is 13.6. The summed E-state index contributed by atoms with van der Waals surface area (Å²) in [6.45, 7) is 6.02. The summed E-state index contributed by atoms with van der Waals surface area (Å²) in [6, 6.07) is 16.9. The van der Waals surface area contributed by atoms with Gasteiger partial charge in [0.2, 0.25) is 5.88 Å². The molecule has 0 saturated carbocycles. The van der Waals surface area contributed by atoms with Crippen molar-refractivity contribution in [2.24, 2.45) is 0 Å². The van der Waals surface area contributed by atoms with E-state index in [2.05, 4.69) is 14.9 Å². The van der Waals surface area contributed by atoms with Crippen LogP contribution in [-0.2, 0) is 0 Å². The van der Waals surface area contributed by atoms with E-state index in [-0.39, 0.29) is 5.82 Å². The summed E-state index contributed by atoms with van der Waals surface area (Å²) in [4.78, 5) is 9.24. The second kappa shape index (κ2) is 9.16. The summed E-state index contributed by atoms with van der Waals surface area (Å²) >= 11 is 0. The van der Waals surface area contributed by atoms with Crippen LogP contribution in [0.3, 0.4) is 0 Å². The molecule has 1 saturated heterocycles. The number of pyridine rings is 1. The summed E-state index contributed by atoms with van der Waals surface area (Å²) in [7, 11) is 0. The van der Waals surface area contributed by atoms with Crippen LogP contribution in [0.5, 0.6) is 11.6 Å². The Balaban J connectivity index is 1.59. The average molecular weight is 443 g/mol. The Morgan fingerprint density at radius 1 is 0.939 bits per heavy atom. The first-order chi connectivity index (χ1) is 16.1. The van der Waals surface area contributed by atoms with E-state index in [9.17, 15) is 4.39 Å². The van der Waals surface area contributed by atoms with Crippen molar-refractivity contribution >= 4 is 0 Å². The molecule has 0 spiro atoms. The SMILES string of the molecule is Cc1cccc(C)c1Oc1cc(-c2c(-c3ccc(F)cc3)ncn2C2CCNCC2)ccn1. The predicted octanol–water partition coefficient (Wildman–Crippen LogP) is 6.08. The molecular formula is C27H27FN4O. The van der Waals surface area contributed by atoms with E-state index in [1.165, 1.54) is 12.1 Å². The van der Waals surface area contributed by atoms with E-state index >= 15 is 0 Å². The van der Waals surface area contributed by atoms with Gasteiger partial charge in [0, 0.05) is 29.4 Å². The first-order valence-corrected chi connectivity index (χ1v) is 11.3. The minimum Gasteiger partial charge on any atom is -0.438 e. The molecule has 2 aromatic carbocycles. The highest BCUT2D eigenvalue weighted by molar-refractivity contribution is 5.79. The van der Waals surface area contributed by atoms with E-state index in [0.717, 1.165) is 65.3 Å². The lowest BCUT2D eigenvalue weighted by Crippen LogP contribution is -2.29. The van der Waals surface area contributed by atoms with Crippen molar-refractivity contribution in [3.63, 3.8) is 0 Å². The molecule has 0 aliphatic carbocycles. The van der Waals surface area contributed by atoms with Crippen LogP contribution >= 0.6 is 0 Å². The maximum absolute atomic E-state index is 13.6. The lowest BCUT2D eigenvalue weighted by Gasteiger charge is -2.26. The number of piperidine rings is 1. The number of rotatable bonds is 5. The molecule has 33 heavy (non-hydrogen) atoms. The molecule has 1 fully saturated rings. The number of para-hydroxylation sites is 1. The highest BCUT2D eigenvalue weighted by atomic mass is 19.1. The van der Waals surface area contributed by atoms with E-state index in [1.807, 2.05) is 50.5 Å². The number of nitrogens with zero attached hydrogens (tertiary/aromatic N) is 3. The van der Waals surface area contributed by atoms with Crippen molar-refractivity contribution in [3.05, 3.63) is 84.1 Å². The van der Waals surface area contributed by atoms with Crippen molar-refractivity contribution in [1.82, 2.24) is 19.9 Å². The van der Waals surface area contributed by atoms with Crippen LogP contribution in [0.1, 0.15) is 30.0 Å². The Kier molecular flexibility index (Phi) is 5.92. The molecule has 0 unspecified atom stereocenters. The standard InChI is InChI=1S/C27H27FN4O/c1-18-4-3-5-19(2)27(18)33-24-16-21(10-15-30-24)26-25(20-6-8-22(28)9-7-20)31-17-32(26)23-11-13-29-14-12-23/h3-10,15-17,23,29H,11-14H2,1-2H3. The van der Waals surface area contributed by atoms with Gasteiger partial charge in [-0.2, -0.15) is 0 Å². The summed E-state index contributed by atoms with van der Waals surface area (Å²) < 4.78 is 22.1. The van der Waals surface area contributed by atoms with Gasteiger partial charge in [0.15, 0.2) is 0 Å². The van der Waals surface area contributed by atoms with Gasteiger partial charge in [-0.1, -0.05) is 18.2 Å².